The molecule has 0 amide bonds. The predicted molar refractivity (Wildman–Crippen MR) is 80.6 cm³/mol. The number of thioether (sulfide) groups is 1. The first-order valence-electron chi connectivity index (χ1n) is 5.92. The second-order valence-corrected chi connectivity index (χ2v) is 6.02. The Hall–Kier alpha value is 0.110. The zero-order valence-corrected chi connectivity index (χ0v) is 12.6. The second kappa shape index (κ2) is 8.25. The first-order valence-corrected chi connectivity index (χ1v) is 7.83. The Bertz CT molecular complexity index is 344. The van der Waals surface area contributed by atoms with Crippen LogP contribution in [0.4, 0.5) is 0 Å². The van der Waals surface area contributed by atoms with Crippen LogP contribution >= 0.6 is 35.0 Å². The van der Waals surface area contributed by atoms with Gasteiger partial charge in [-0.3, -0.25) is 0 Å². The van der Waals surface area contributed by atoms with Crippen molar-refractivity contribution in [2.24, 2.45) is 0 Å². The lowest BCUT2D eigenvalue weighted by molar-refractivity contribution is 0.573. The summed E-state index contributed by atoms with van der Waals surface area (Å²) in [7, 11) is 0. The van der Waals surface area contributed by atoms with Crippen molar-refractivity contribution in [3.8, 4) is 0 Å². The molecular formula is C13H19Cl2NS. The van der Waals surface area contributed by atoms with E-state index in [-0.39, 0.29) is 0 Å². The van der Waals surface area contributed by atoms with Gasteiger partial charge in [-0.05, 0) is 42.5 Å². The van der Waals surface area contributed by atoms with E-state index in [4.69, 9.17) is 23.2 Å². The molecule has 96 valence electrons. The number of nitrogens with one attached hydrogen (secondary N) is 1. The van der Waals surface area contributed by atoms with Gasteiger partial charge in [0.25, 0.3) is 0 Å². The molecule has 0 aliphatic carbocycles. The maximum atomic E-state index is 6.18. The summed E-state index contributed by atoms with van der Waals surface area (Å²) < 4.78 is 0. The monoisotopic (exact) mass is 291 g/mol. The minimum Gasteiger partial charge on any atom is -0.313 e. The molecule has 0 aromatic heterocycles. The smallest absolute Gasteiger partial charge is 0.0439 e. The van der Waals surface area contributed by atoms with Crippen molar-refractivity contribution >= 4 is 35.0 Å². The summed E-state index contributed by atoms with van der Waals surface area (Å²) in [6.07, 6.45) is 0.931. The number of benzene rings is 1. The molecule has 0 saturated carbocycles. The largest absolute Gasteiger partial charge is 0.313 e. The average molecular weight is 292 g/mol. The van der Waals surface area contributed by atoms with Crippen LogP contribution in [-0.4, -0.2) is 24.1 Å². The molecule has 0 fully saturated rings. The highest BCUT2D eigenvalue weighted by molar-refractivity contribution is 7.99. The molecule has 0 spiro atoms. The standard InChI is InChI=1S/C13H19Cl2NS/c1-3-16-12(9-17-4-2)8-10-7-11(14)5-6-13(10)15/h5-7,12,16H,3-4,8-9H2,1-2H3. The molecule has 1 nitrogen and oxygen atoms in total. The van der Waals surface area contributed by atoms with Gasteiger partial charge < -0.3 is 5.32 Å². The molecule has 1 rings (SSSR count). The van der Waals surface area contributed by atoms with Crippen LogP contribution in [0.1, 0.15) is 19.4 Å². The summed E-state index contributed by atoms with van der Waals surface area (Å²) in [4.78, 5) is 0. The minimum atomic E-state index is 0.459. The Morgan fingerprint density at radius 1 is 1.29 bits per heavy atom. The number of rotatable bonds is 7. The molecule has 1 atom stereocenters. The molecule has 4 heteroatoms. The van der Waals surface area contributed by atoms with Crippen LogP contribution in [0.15, 0.2) is 18.2 Å². The van der Waals surface area contributed by atoms with Crippen molar-refractivity contribution in [3.05, 3.63) is 33.8 Å². The third kappa shape index (κ3) is 5.52. The van der Waals surface area contributed by atoms with E-state index in [1.165, 1.54) is 0 Å². The van der Waals surface area contributed by atoms with Gasteiger partial charge in [0, 0.05) is 21.8 Å². The van der Waals surface area contributed by atoms with Gasteiger partial charge in [0.2, 0.25) is 0 Å². The van der Waals surface area contributed by atoms with E-state index in [1.54, 1.807) is 0 Å². The molecule has 17 heavy (non-hydrogen) atoms. The average Bonchev–Trinajstić information content (AvgIpc) is 2.31. The van der Waals surface area contributed by atoms with Crippen LogP contribution in [0.5, 0.6) is 0 Å². The number of likely N-dealkylation sites (N-methyl/N-ethyl adjacent to an activating group) is 1. The summed E-state index contributed by atoms with van der Waals surface area (Å²) in [5, 5.41) is 5.05. The van der Waals surface area contributed by atoms with E-state index >= 15 is 0 Å². The lowest BCUT2D eigenvalue weighted by Crippen LogP contribution is -2.33. The first-order chi connectivity index (χ1) is 8.17. The van der Waals surface area contributed by atoms with Crippen LogP contribution in [-0.2, 0) is 6.42 Å². The summed E-state index contributed by atoms with van der Waals surface area (Å²) in [5.41, 5.74) is 1.13. The molecule has 0 aliphatic heterocycles. The van der Waals surface area contributed by atoms with Crippen molar-refractivity contribution in [2.45, 2.75) is 26.3 Å². The third-order valence-electron chi connectivity index (χ3n) is 2.49. The Morgan fingerprint density at radius 2 is 2.06 bits per heavy atom. The van der Waals surface area contributed by atoms with Gasteiger partial charge in [-0.15, -0.1) is 0 Å². The number of hydrogen-bond acceptors (Lipinski definition) is 2. The molecule has 1 aromatic rings. The molecule has 0 heterocycles. The Morgan fingerprint density at radius 3 is 2.71 bits per heavy atom. The molecule has 0 bridgehead atoms. The third-order valence-corrected chi connectivity index (χ3v) is 4.14. The fraction of sp³-hybridized carbons (Fsp3) is 0.538. The molecule has 0 aliphatic rings. The Kier molecular flexibility index (Phi) is 7.36. The molecule has 1 N–H and O–H groups in total. The van der Waals surface area contributed by atoms with Gasteiger partial charge in [-0.2, -0.15) is 11.8 Å². The summed E-state index contributed by atoms with van der Waals surface area (Å²) >= 11 is 14.1. The van der Waals surface area contributed by atoms with Crippen molar-refractivity contribution in [1.82, 2.24) is 5.32 Å². The normalized spacial score (nSPS) is 12.7. The van der Waals surface area contributed by atoms with E-state index in [0.29, 0.717) is 6.04 Å². The van der Waals surface area contributed by atoms with Crippen molar-refractivity contribution in [2.75, 3.05) is 18.1 Å². The van der Waals surface area contributed by atoms with Crippen LogP contribution in [0.3, 0.4) is 0 Å². The first kappa shape index (κ1) is 15.2. The van der Waals surface area contributed by atoms with Crippen molar-refractivity contribution in [1.29, 1.82) is 0 Å². The molecular weight excluding hydrogens is 273 g/mol. The maximum absolute atomic E-state index is 6.18. The van der Waals surface area contributed by atoms with Gasteiger partial charge in [0.15, 0.2) is 0 Å². The topological polar surface area (TPSA) is 12.0 Å². The fourth-order valence-electron chi connectivity index (χ4n) is 1.70. The van der Waals surface area contributed by atoms with Crippen LogP contribution in [0.25, 0.3) is 0 Å². The quantitative estimate of drug-likeness (QED) is 0.805. The van der Waals surface area contributed by atoms with Gasteiger partial charge >= 0.3 is 0 Å². The molecule has 0 saturated heterocycles. The highest BCUT2D eigenvalue weighted by Gasteiger charge is 2.11. The summed E-state index contributed by atoms with van der Waals surface area (Å²) in [6, 6.07) is 6.12. The van der Waals surface area contributed by atoms with E-state index in [1.807, 2.05) is 30.0 Å². The second-order valence-electron chi connectivity index (χ2n) is 3.85. The van der Waals surface area contributed by atoms with Gasteiger partial charge in [0.05, 0.1) is 0 Å². The summed E-state index contributed by atoms with van der Waals surface area (Å²) in [5.74, 6) is 2.25. The Labute approximate surface area is 118 Å². The van der Waals surface area contributed by atoms with Crippen molar-refractivity contribution < 1.29 is 0 Å². The molecule has 0 radical (unpaired) electrons. The summed E-state index contributed by atoms with van der Waals surface area (Å²) in [6.45, 7) is 5.29. The zero-order chi connectivity index (χ0) is 12.7. The lowest BCUT2D eigenvalue weighted by Gasteiger charge is -2.18. The predicted octanol–water partition coefficient (Wildman–Crippen LogP) is 4.27. The van der Waals surface area contributed by atoms with Crippen molar-refractivity contribution in [3.63, 3.8) is 0 Å². The highest BCUT2D eigenvalue weighted by atomic mass is 35.5. The van der Waals surface area contributed by atoms with Crippen LogP contribution in [0.2, 0.25) is 10.0 Å². The molecule has 1 unspecified atom stereocenters. The number of hydrogen-bond donors (Lipinski definition) is 1. The minimum absolute atomic E-state index is 0.459. The van der Waals surface area contributed by atoms with Crippen LogP contribution in [0, 0.1) is 0 Å². The van der Waals surface area contributed by atoms with E-state index in [0.717, 1.165) is 40.1 Å². The van der Waals surface area contributed by atoms with E-state index < -0.39 is 0 Å². The lowest BCUT2D eigenvalue weighted by atomic mass is 10.1. The van der Waals surface area contributed by atoms with E-state index in [9.17, 15) is 0 Å². The van der Waals surface area contributed by atoms with Crippen LogP contribution < -0.4 is 5.32 Å². The van der Waals surface area contributed by atoms with E-state index in [2.05, 4.69) is 19.2 Å². The molecule has 1 aromatic carbocycles. The fourth-order valence-corrected chi connectivity index (χ4v) is 2.85. The Balaban J connectivity index is 2.67. The maximum Gasteiger partial charge on any atom is 0.0439 e. The zero-order valence-electron chi connectivity index (χ0n) is 10.3. The SMILES string of the molecule is CCNC(CSCC)Cc1cc(Cl)ccc1Cl. The van der Waals surface area contributed by atoms with Gasteiger partial charge in [-0.1, -0.05) is 37.0 Å². The van der Waals surface area contributed by atoms with Gasteiger partial charge in [-0.25, -0.2) is 0 Å². The highest BCUT2D eigenvalue weighted by Crippen LogP contribution is 2.22. The van der Waals surface area contributed by atoms with Gasteiger partial charge in [0.1, 0.15) is 0 Å². The number of halogens is 2.